The van der Waals surface area contributed by atoms with Gasteiger partial charge in [0.15, 0.2) is 0 Å². The summed E-state index contributed by atoms with van der Waals surface area (Å²) in [5, 5.41) is 0.610. The van der Waals surface area contributed by atoms with Crippen molar-refractivity contribution in [2.45, 2.75) is 68.4 Å². The first-order valence-corrected chi connectivity index (χ1v) is 14.9. The molecule has 8 nitrogen and oxygen atoms in total. The van der Waals surface area contributed by atoms with E-state index < -0.39 is 0 Å². The number of pyridine rings is 2. The first-order valence-electron chi connectivity index (χ1n) is 14.1. The van der Waals surface area contributed by atoms with Crippen molar-refractivity contribution < 1.29 is 14.3 Å². The van der Waals surface area contributed by atoms with Gasteiger partial charge < -0.3 is 9.47 Å². The monoisotopic (exact) mass is 584 g/mol. The number of hydrogen-bond acceptors (Lipinski definition) is 8. The molecule has 1 aromatic carbocycles. The van der Waals surface area contributed by atoms with Crippen molar-refractivity contribution in [3.8, 4) is 16.9 Å². The van der Waals surface area contributed by atoms with Gasteiger partial charge in [0.25, 0.3) is 5.56 Å². The Bertz CT molecular complexity index is 1950. The SMILES string of the molecule is CCc1ccc(OCCn2c(C)nc3c(C)nc(C)c(C)c3c2=O)c(-c2c(C)c(C)nc3c(C(=O)OC)c(C)sc23)c1. The highest BCUT2D eigenvalue weighted by molar-refractivity contribution is 7.20. The van der Waals surface area contributed by atoms with Gasteiger partial charge in [-0.25, -0.2) is 9.78 Å². The molecule has 5 rings (SSSR count). The van der Waals surface area contributed by atoms with E-state index in [0.717, 1.165) is 55.3 Å². The van der Waals surface area contributed by atoms with Crippen molar-refractivity contribution >= 4 is 38.4 Å². The minimum Gasteiger partial charge on any atom is -0.491 e. The third kappa shape index (κ3) is 4.85. The van der Waals surface area contributed by atoms with Gasteiger partial charge in [0, 0.05) is 27.4 Å². The molecule has 0 aliphatic carbocycles. The normalized spacial score (nSPS) is 11.5. The maximum Gasteiger partial charge on any atom is 0.341 e. The molecule has 4 heterocycles. The van der Waals surface area contributed by atoms with Crippen molar-refractivity contribution in [2.24, 2.45) is 0 Å². The van der Waals surface area contributed by atoms with Crippen LogP contribution in [0.1, 0.15) is 61.8 Å². The number of aromatic nitrogens is 4. The molecule has 0 amide bonds. The van der Waals surface area contributed by atoms with Gasteiger partial charge in [-0.2, -0.15) is 0 Å². The van der Waals surface area contributed by atoms with Crippen LogP contribution in [0.4, 0.5) is 0 Å². The van der Waals surface area contributed by atoms with Crippen LogP contribution in [0.3, 0.4) is 0 Å². The molecular weight excluding hydrogens is 548 g/mol. The van der Waals surface area contributed by atoms with Crippen molar-refractivity contribution in [2.75, 3.05) is 13.7 Å². The molecule has 0 spiro atoms. The number of aryl methyl sites for hydroxylation is 7. The van der Waals surface area contributed by atoms with E-state index in [0.29, 0.717) is 40.1 Å². The predicted molar refractivity (Wildman–Crippen MR) is 168 cm³/mol. The number of carbonyl (C=O) groups excluding carboxylic acids is 1. The van der Waals surface area contributed by atoms with Crippen LogP contribution in [-0.2, 0) is 17.7 Å². The van der Waals surface area contributed by atoms with Crippen LogP contribution in [-0.4, -0.2) is 39.2 Å². The highest BCUT2D eigenvalue weighted by Gasteiger charge is 2.25. The predicted octanol–water partition coefficient (Wildman–Crippen LogP) is 6.66. The van der Waals surface area contributed by atoms with Crippen molar-refractivity contribution in [1.29, 1.82) is 0 Å². The molecule has 0 aliphatic rings. The largest absolute Gasteiger partial charge is 0.491 e. The van der Waals surface area contributed by atoms with E-state index in [4.69, 9.17) is 19.4 Å². The zero-order valence-corrected chi connectivity index (χ0v) is 26.5. The van der Waals surface area contributed by atoms with Crippen molar-refractivity contribution in [1.82, 2.24) is 19.5 Å². The third-order valence-electron chi connectivity index (χ3n) is 8.12. The molecule has 218 valence electrons. The lowest BCUT2D eigenvalue weighted by Crippen LogP contribution is -2.27. The summed E-state index contributed by atoms with van der Waals surface area (Å²) in [5.74, 6) is 0.942. The number of thiophene rings is 1. The van der Waals surface area contributed by atoms with E-state index in [2.05, 4.69) is 31.0 Å². The molecule has 0 saturated heterocycles. The smallest absolute Gasteiger partial charge is 0.341 e. The first-order chi connectivity index (χ1) is 20.0. The Kier molecular flexibility index (Phi) is 7.90. The zero-order chi connectivity index (χ0) is 30.5. The number of nitrogens with zero attached hydrogens (tertiary/aromatic N) is 4. The molecule has 0 aliphatic heterocycles. The lowest BCUT2D eigenvalue weighted by molar-refractivity contribution is 0.0602. The van der Waals surface area contributed by atoms with Gasteiger partial charge in [0.05, 0.1) is 46.0 Å². The van der Waals surface area contributed by atoms with Crippen LogP contribution in [0, 0.1) is 48.5 Å². The van der Waals surface area contributed by atoms with Crippen molar-refractivity contribution in [3.63, 3.8) is 0 Å². The van der Waals surface area contributed by atoms with Gasteiger partial charge in [-0.3, -0.25) is 19.3 Å². The second kappa shape index (κ2) is 11.3. The number of benzene rings is 1. The number of hydrogen-bond donors (Lipinski definition) is 0. The van der Waals surface area contributed by atoms with E-state index in [1.165, 1.54) is 12.7 Å². The van der Waals surface area contributed by atoms with Crippen LogP contribution in [0.25, 0.3) is 32.2 Å². The van der Waals surface area contributed by atoms with Crippen LogP contribution in [0.5, 0.6) is 5.75 Å². The highest BCUT2D eigenvalue weighted by atomic mass is 32.1. The second-order valence-corrected chi connectivity index (χ2v) is 11.9. The van der Waals surface area contributed by atoms with Gasteiger partial charge in [-0.05, 0) is 83.7 Å². The topological polar surface area (TPSA) is 96.2 Å². The van der Waals surface area contributed by atoms with Gasteiger partial charge in [0.2, 0.25) is 0 Å². The highest BCUT2D eigenvalue weighted by Crippen LogP contribution is 2.43. The number of ether oxygens (including phenoxy) is 2. The number of carbonyl (C=O) groups is 1. The van der Waals surface area contributed by atoms with Crippen LogP contribution in [0.2, 0.25) is 0 Å². The summed E-state index contributed by atoms with van der Waals surface area (Å²) >= 11 is 1.54. The quantitative estimate of drug-likeness (QED) is 0.198. The summed E-state index contributed by atoms with van der Waals surface area (Å²) in [5.41, 5.74) is 9.14. The van der Waals surface area contributed by atoms with E-state index >= 15 is 0 Å². The standard InChI is InChI=1S/C33H36N4O4S/c1-10-23-11-12-25(41-14-13-37-22(8)36-29-20(6)34-18(4)17(3)27(29)32(37)38)24(15-23)26-16(2)19(5)35-30-28(33(39)40-9)21(7)42-31(26)30/h11-12,15H,10,13-14H2,1-9H3. The molecule has 0 unspecified atom stereocenters. The Morgan fingerprint density at radius 3 is 2.33 bits per heavy atom. The summed E-state index contributed by atoms with van der Waals surface area (Å²) in [6, 6.07) is 6.21. The summed E-state index contributed by atoms with van der Waals surface area (Å²) in [6.45, 7) is 16.2. The van der Waals surface area contributed by atoms with Gasteiger partial charge in [0.1, 0.15) is 18.2 Å². The van der Waals surface area contributed by atoms with Crippen LogP contribution < -0.4 is 10.3 Å². The fraction of sp³-hybridized carbons (Fsp3) is 0.364. The van der Waals surface area contributed by atoms with Crippen LogP contribution >= 0.6 is 11.3 Å². The zero-order valence-electron chi connectivity index (χ0n) is 25.7. The lowest BCUT2D eigenvalue weighted by Gasteiger charge is -2.18. The lowest BCUT2D eigenvalue weighted by atomic mass is 9.95. The molecule has 0 radical (unpaired) electrons. The molecular formula is C33H36N4O4S. The molecule has 4 aromatic heterocycles. The Hall–Kier alpha value is -4.11. The fourth-order valence-corrected chi connectivity index (χ4v) is 6.73. The maximum absolute atomic E-state index is 13.6. The van der Waals surface area contributed by atoms with E-state index in [1.54, 1.807) is 15.9 Å². The second-order valence-electron chi connectivity index (χ2n) is 10.7. The van der Waals surface area contributed by atoms with E-state index in [9.17, 15) is 9.59 Å². The average Bonchev–Trinajstić information content (AvgIpc) is 3.28. The third-order valence-corrected chi connectivity index (χ3v) is 9.23. The maximum atomic E-state index is 13.6. The Morgan fingerprint density at radius 2 is 1.64 bits per heavy atom. The van der Waals surface area contributed by atoms with Gasteiger partial charge in [-0.15, -0.1) is 11.3 Å². The van der Waals surface area contributed by atoms with Gasteiger partial charge >= 0.3 is 5.97 Å². The molecule has 0 atom stereocenters. The molecule has 0 fully saturated rings. The number of fused-ring (bicyclic) bond motifs is 2. The Balaban J connectivity index is 1.58. The van der Waals surface area contributed by atoms with Crippen LogP contribution in [0.15, 0.2) is 23.0 Å². The summed E-state index contributed by atoms with van der Waals surface area (Å²) in [7, 11) is 1.39. The molecule has 5 aromatic rings. The summed E-state index contributed by atoms with van der Waals surface area (Å²) in [4.78, 5) is 41.3. The molecule has 0 N–H and O–H groups in total. The number of rotatable bonds is 7. The number of esters is 1. The van der Waals surface area contributed by atoms with E-state index in [1.807, 2.05) is 47.6 Å². The van der Waals surface area contributed by atoms with Crippen molar-refractivity contribution in [3.05, 3.63) is 78.6 Å². The summed E-state index contributed by atoms with van der Waals surface area (Å²) < 4.78 is 14.1. The fourth-order valence-electron chi connectivity index (χ4n) is 5.54. The van der Waals surface area contributed by atoms with Gasteiger partial charge in [-0.1, -0.05) is 13.0 Å². The average molecular weight is 585 g/mol. The summed E-state index contributed by atoms with van der Waals surface area (Å²) in [6.07, 6.45) is 0.862. The molecule has 0 bridgehead atoms. The van der Waals surface area contributed by atoms with E-state index in [-0.39, 0.29) is 18.1 Å². The number of methoxy groups -OCH3 is 1. The minimum atomic E-state index is -0.388. The Morgan fingerprint density at radius 1 is 0.929 bits per heavy atom. The molecule has 0 saturated carbocycles. The molecule has 9 heteroatoms. The molecule has 42 heavy (non-hydrogen) atoms. The first kappa shape index (κ1) is 29.4. The Labute approximate surface area is 249 Å². The minimum absolute atomic E-state index is 0.0829.